The molecule has 4 aromatic carbocycles. The third-order valence-corrected chi connectivity index (χ3v) is 26.9. The standard InChI is InChI=1S/2C6F5.2C6HF4.4C5H5.2Ti/c2*7-2-1-3(8)5(10)6(11)4(2)9;2*7-3-1-4(8)6(10)2-5(3)9;4*1-2-4-5-3-1;;/h;;2*1H;4*1-3H,4H2;;. The molecule has 0 unspecified atom stereocenters. The summed E-state index contributed by atoms with van der Waals surface area (Å²) in [6.45, 7) is 0. The predicted molar refractivity (Wildman–Crippen MR) is 191 cm³/mol. The summed E-state index contributed by atoms with van der Waals surface area (Å²) in [7, 11) is 0. The molecule has 0 heterocycles. The Hall–Kier alpha value is -5.03. The van der Waals surface area contributed by atoms with Gasteiger partial charge in [0.25, 0.3) is 0 Å². The van der Waals surface area contributed by atoms with E-state index in [1.165, 1.54) is 60.8 Å². The van der Waals surface area contributed by atoms with Crippen LogP contribution in [-0.4, -0.2) is 0 Å². The SMILES string of the molecule is Fc1c(F)c(F)[c]([Ti]([C]2=CC=CC2)([C]2=CC=CC2)[c]2c(F)c(F)c(F)c(F)c2F)c(F)c1F.Fc1cc(F)c(F)[c]([Ti]([C]2=CC=CC2)([C]2=CC=CC2)[c]2c(F)c(F)cc(F)c2F)c1F. The molecule has 8 rings (SSSR count). The van der Waals surface area contributed by atoms with Crippen LogP contribution in [-0.2, 0) is 33.2 Å². The normalized spacial score (nSPS) is 15.5. The van der Waals surface area contributed by atoms with E-state index in [1.807, 2.05) is 0 Å². The van der Waals surface area contributed by atoms with Crippen LogP contribution in [0.25, 0.3) is 0 Å². The van der Waals surface area contributed by atoms with Crippen molar-refractivity contribution in [3.63, 3.8) is 0 Å². The third kappa shape index (κ3) is 7.06. The summed E-state index contributed by atoms with van der Waals surface area (Å²) in [4.78, 5) is 0. The minimum absolute atomic E-state index is 0.0252. The van der Waals surface area contributed by atoms with E-state index in [4.69, 9.17) is 0 Å². The number of halogens is 18. The van der Waals surface area contributed by atoms with E-state index in [9.17, 15) is 43.9 Å². The Morgan fingerprint density at radius 3 is 0.625 bits per heavy atom. The fourth-order valence-corrected chi connectivity index (χ4v) is 25.0. The Kier molecular flexibility index (Phi) is 13.0. The maximum absolute atomic E-state index is 15.2. The summed E-state index contributed by atoms with van der Waals surface area (Å²) >= 11 is -11.6. The van der Waals surface area contributed by atoms with Crippen molar-refractivity contribution in [3.05, 3.63) is 205 Å². The van der Waals surface area contributed by atoms with Crippen LogP contribution >= 0.6 is 0 Å². The van der Waals surface area contributed by atoms with Crippen molar-refractivity contribution >= 4 is 15.5 Å². The van der Waals surface area contributed by atoms with E-state index in [-0.39, 0.29) is 53.3 Å². The average Bonchev–Trinajstić information content (AvgIpc) is 4.13. The fraction of sp³-hybridized carbons (Fsp3) is 0.0909. The number of rotatable bonds is 8. The second kappa shape index (κ2) is 17.7. The molecular weight excluding hydrogens is 966 g/mol. The average molecular weight is 988 g/mol. The predicted octanol–water partition coefficient (Wildman–Crippen LogP) is 11.5. The van der Waals surface area contributed by atoms with Crippen molar-refractivity contribution in [1.82, 2.24) is 0 Å². The molecule has 0 nitrogen and oxygen atoms in total. The molecule has 0 atom stereocenters. The van der Waals surface area contributed by atoms with E-state index in [1.54, 1.807) is 0 Å². The van der Waals surface area contributed by atoms with Gasteiger partial charge in [-0.15, -0.1) is 0 Å². The molecule has 20 heteroatoms. The van der Waals surface area contributed by atoms with E-state index in [2.05, 4.69) is 0 Å². The van der Waals surface area contributed by atoms with Gasteiger partial charge in [0.05, 0.1) is 0 Å². The van der Waals surface area contributed by atoms with Crippen LogP contribution in [0.1, 0.15) is 25.7 Å². The van der Waals surface area contributed by atoms with E-state index >= 15 is 35.1 Å². The van der Waals surface area contributed by atoms with Crippen LogP contribution in [0.4, 0.5) is 79.0 Å². The first-order valence-electron chi connectivity index (χ1n) is 18.4. The Morgan fingerprint density at radius 1 is 0.250 bits per heavy atom. The molecular formula is C44H22F18Ti2. The van der Waals surface area contributed by atoms with Gasteiger partial charge in [0.15, 0.2) is 0 Å². The van der Waals surface area contributed by atoms with Gasteiger partial charge in [-0.05, 0) is 0 Å². The third-order valence-electron chi connectivity index (χ3n) is 11.2. The summed E-state index contributed by atoms with van der Waals surface area (Å²) in [5.41, 5.74) is 0. The Labute approximate surface area is 357 Å². The van der Waals surface area contributed by atoms with Gasteiger partial charge < -0.3 is 0 Å². The summed E-state index contributed by atoms with van der Waals surface area (Å²) in [5, 5.41) is 0. The van der Waals surface area contributed by atoms with Crippen molar-refractivity contribution in [2.45, 2.75) is 25.7 Å². The second-order valence-corrected chi connectivity index (χ2v) is 26.2. The molecule has 4 aliphatic carbocycles. The van der Waals surface area contributed by atoms with Crippen LogP contribution in [0.2, 0.25) is 0 Å². The zero-order valence-corrected chi connectivity index (χ0v) is 34.8. The van der Waals surface area contributed by atoms with Gasteiger partial charge in [-0.2, -0.15) is 0 Å². The summed E-state index contributed by atoms with van der Waals surface area (Å²) in [6, 6.07) is -0.0504. The van der Waals surface area contributed by atoms with Crippen LogP contribution in [0.15, 0.2) is 101 Å². The van der Waals surface area contributed by atoms with Gasteiger partial charge in [-0.1, -0.05) is 0 Å². The fourth-order valence-electron chi connectivity index (χ4n) is 8.52. The summed E-state index contributed by atoms with van der Waals surface area (Å²) < 4.78 is 257. The molecule has 64 heavy (non-hydrogen) atoms. The monoisotopic (exact) mass is 988 g/mol. The molecule has 0 bridgehead atoms. The van der Waals surface area contributed by atoms with E-state index in [0.717, 1.165) is 12.2 Å². The zero-order chi connectivity index (χ0) is 46.7. The molecule has 0 aromatic heterocycles. The molecule has 0 amide bonds. The minimum atomic E-state index is -5.99. The molecule has 0 saturated carbocycles. The van der Waals surface area contributed by atoms with Crippen LogP contribution < -0.4 is 15.5 Å². The van der Waals surface area contributed by atoms with Gasteiger partial charge in [-0.25, -0.2) is 0 Å². The Bertz CT molecular complexity index is 2630. The van der Waals surface area contributed by atoms with Gasteiger partial charge in [0.2, 0.25) is 0 Å². The summed E-state index contributed by atoms with van der Waals surface area (Å²) in [6.07, 6.45) is 15.5. The Morgan fingerprint density at radius 2 is 0.438 bits per heavy atom. The number of benzene rings is 4. The van der Waals surface area contributed by atoms with Crippen molar-refractivity contribution in [3.8, 4) is 0 Å². The van der Waals surface area contributed by atoms with Gasteiger partial charge >= 0.3 is 359 Å². The topological polar surface area (TPSA) is 0 Å². The van der Waals surface area contributed by atoms with Crippen LogP contribution in [0, 0.1) is 105 Å². The second-order valence-electron chi connectivity index (χ2n) is 14.4. The first-order valence-corrected chi connectivity index (χ1v) is 24.7. The van der Waals surface area contributed by atoms with Crippen molar-refractivity contribution in [2.24, 2.45) is 0 Å². The van der Waals surface area contributed by atoms with Crippen molar-refractivity contribution in [2.75, 3.05) is 0 Å². The molecule has 0 radical (unpaired) electrons. The molecule has 0 spiro atoms. The number of hydrogen-bond donors (Lipinski definition) is 0. The number of hydrogen-bond acceptors (Lipinski definition) is 0. The molecule has 4 aromatic rings. The quantitative estimate of drug-likeness (QED) is 0.0714. The van der Waals surface area contributed by atoms with Crippen molar-refractivity contribution in [1.29, 1.82) is 0 Å². The zero-order valence-electron chi connectivity index (χ0n) is 31.7. The maximum atomic E-state index is 15.2. The molecule has 0 aliphatic heterocycles. The molecule has 0 N–H and O–H groups in total. The first kappa shape index (κ1) is 46.9. The van der Waals surface area contributed by atoms with Gasteiger partial charge in [0, 0.05) is 0 Å². The molecule has 4 aliphatic rings. The summed E-state index contributed by atoms with van der Waals surface area (Å²) in [5.74, 6) is -38.6. The van der Waals surface area contributed by atoms with Gasteiger partial charge in [-0.3, -0.25) is 0 Å². The van der Waals surface area contributed by atoms with E-state index < -0.39 is 153 Å². The molecule has 0 saturated heterocycles. The van der Waals surface area contributed by atoms with Crippen LogP contribution in [0.3, 0.4) is 0 Å². The van der Waals surface area contributed by atoms with Crippen molar-refractivity contribution < 1.29 is 112 Å². The number of allylic oxidation sites excluding steroid dienone is 16. The van der Waals surface area contributed by atoms with Crippen LogP contribution in [0.5, 0.6) is 0 Å². The van der Waals surface area contributed by atoms with E-state index in [0.29, 0.717) is 0 Å². The Balaban J connectivity index is 0.000000192. The molecule has 0 fully saturated rings. The molecule has 332 valence electrons. The first-order chi connectivity index (χ1) is 30.3. The van der Waals surface area contributed by atoms with Gasteiger partial charge in [0.1, 0.15) is 0 Å².